The Morgan fingerprint density at radius 2 is 1.85 bits per heavy atom. The van der Waals surface area contributed by atoms with E-state index >= 15 is 0 Å². The Kier molecular flexibility index (Phi) is 5.94. The van der Waals surface area contributed by atoms with Gasteiger partial charge in [0.15, 0.2) is 0 Å². The molecule has 1 N–H and O–H groups in total. The summed E-state index contributed by atoms with van der Waals surface area (Å²) in [5, 5.41) is 10.2. The molecule has 3 rings (SSSR count). The van der Waals surface area contributed by atoms with Gasteiger partial charge < -0.3 is 14.6 Å². The van der Waals surface area contributed by atoms with E-state index in [9.17, 15) is 14.7 Å². The highest BCUT2D eigenvalue weighted by atomic mass is 16.5. The molecule has 1 aromatic rings. The van der Waals surface area contributed by atoms with Crippen molar-refractivity contribution in [3.8, 4) is 5.75 Å². The van der Waals surface area contributed by atoms with Crippen molar-refractivity contribution in [3.05, 3.63) is 29.8 Å². The van der Waals surface area contributed by atoms with Gasteiger partial charge in [-0.25, -0.2) is 0 Å². The number of ether oxygens (including phenoxy) is 2. The smallest absolute Gasteiger partial charge is 0.235 e. The number of carbonyl (C=O) groups is 2. The van der Waals surface area contributed by atoms with E-state index in [1.54, 1.807) is 7.11 Å². The van der Waals surface area contributed by atoms with Gasteiger partial charge >= 0.3 is 0 Å². The number of amides is 2. The van der Waals surface area contributed by atoms with E-state index in [1.165, 1.54) is 4.90 Å². The van der Waals surface area contributed by atoms with E-state index in [0.717, 1.165) is 43.4 Å². The summed E-state index contributed by atoms with van der Waals surface area (Å²) in [6.45, 7) is 0.449. The second kappa shape index (κ2) is 8.18. The van der Waals surface area contributed by atoms with Crippen LogP contribution in [0, 0.1) is 5.41 Å². The Bertz CT molecular complexity index is 636. The summed E-state index contributed by atoms with van der Waals surface area (Å²) >= 11 is 0. The minimum Gasteiger partial charge on any atom is -0.497 e. The zero-order chi connectivity index (χ0) is 18.6. The molecule has 1 aliphatic carbocycles. The molecule has 1 spiro atoms. The molecule has 6 heteroatoms. The number of benzene rings is 1. The van der Waals surface area contributed by atoms with Gasteiger partial charge in [-0.3, -0.25) is 14.5 Å². The molecule has 1 saturated carbocycles. The number of β-amino-alcohol motifs (C(OH)–C–C–N with tert-alkyl or cyclic N) is 1. The molecule has 1 aromatic carbocycles. The Labute approximate surface area is 154 Å². The van der Waals surface area contributed by atoms with Crippen LogP contribution in [0.4, 0.5) is 0 Å². The summed E-state index contributed by atoms with van der Waals surface area (Å²) in [6.07, 6.45) is 4.13. The Hall–Kier alpha value is -1.92. The lowest BCUT2D eigenvalue weighted by Gasteiger charge is -2.30. The number of hydrogen-bond acceptors (Lipinski definition) is 5. The van der Waals surface area contributed by atoms with Crippen LogP contribution in [0.1, 0.15) is 44.1 Å². The average Bonchev–Trinajstić information content (AvgIpc) is 2.87. The van der Waals surface area contributed by atoms with E-state index < -0.39 is 11.5 Å². The van der Waals surface area contributed by atoms with Gasteiger partial charge in [0, 0.05) is 6.42 Å². The van der Waals surface area contributed by atoms with E-state index in [2.05, 4.69) is 0 Å². The van der Waals surface area contributed by atoms with Crippen molar-refractivity contribution in [2.45, 2.75) is 51.2 Å². The number of methoxy groups -OCH3 is 1. The van der Waals surface area contributed by atoms with Crippen molar-refractivity contribution in [2.24, 2.45) is 5.41 Å². The maximum Gasteiger partial charge on any atom is 0.235 e. The molecule has 2 aliphatic rings. The van der Waals surface area contributed by atoms with E-state index in [4.69, 9.17) is 9.47 Å². The number of carbonyl (C=O) groups excluding carboxylic acids is 2. The predicted octanol–water partition coefficient (Wildman–Crippen LogP) is 2.28. The van der Waals surface area contributed by atoms with Gasteiger partial charge in [0.2, 0.25) is 11.8 Å². The molecule has 142 valence electrons. The van der Waals surface area contributed by atoms with Crippen molar-refractivity contribution < 1.29 is 24.2 Å². The SMILES string of the molecule is COc1ccc(COC[C@H](O)CN2C(=O)CC3(CCCCC3)C2=O)cc1. The van der Waals surface area contributed by atoms with Crippen LogP contribution < -0.4 is 4.74 Å². The molecular weight excluding hydrogens is 334 g/mol. The topological polar surface area (TPSA) is 76.1 Å². The largest absolute Gasteiger partial charge is 0.497 e. The molecule has 0 unspecified atom stereocenters. The molecule has 0 aromatic heterocycles. The van der Waals surface area contributed by atoms with Crippen LogP contribution in [-0.4, -0.2) is 48.2 Å². The number of imide groups is 1. The number of aliphatic hydroxyl groups is 1. The first kappa shape index (κ1) is 18.9. The quantitative estimate of drug-likeness (QED) is 0.754. The first-order valence-electron chi connectivity index (χ1n) is 9.28. The molecule has 2 amide bonds. The molecular formula is C20H27NO5. The second-order valence-corrected chi connectivity index (χ2v) is 7.34. The summed E-state index contributed by atoms with van der Waals surface area (Å²) in [6, 6.07) is 7.48. The first-order chi connectivity index (χ1) is 12.5. The zero-order valence-electron chi connectivity index (χ0n) is 15.3. The number of nitrogens with zero attached hydrogens (tertiary/aromatic N) is 1. The van der Waals surface area contributed by atoms with Gasteiger partial charge in [-0.15, -0.1) is 0 Å². The molecule has 1 atom stereocenters. The molecule has 1 saturated heterocycles. The lowest BCUT2D eigenvalue weighted by molar-refractivity contribution is -0.144. The van der Waals surface area contributed by atoms with Gasteiger partial charge in [-0.1, -0.05) is 31.4 Å². The minimum atomic E-state index is -0.875. The third-order valence-corrected chi connectivity index (χ3v) is 5.43. The Morgan fingerprint density at radius 1 is 1.15 bits per heavy atom. The van der Waals surface area contributed by atoms with Crippen LogP contribution in [0.3, 0.4) is 0 Å². The van der Waals surface area contributed by atoms with E-state index in [1.807, 2.05) is 24.3 Å². The van der Waals surface area contributed by atoms with Gasteiger partial charge in [0.1, 0.15) is 5.75 Å². The molecule has 26 heavy (non-hydrogen) atoms. The van der Waals surface area contributed by atoms with Gasteiger partial charge in [0.05, 0.1) is 38.4 Å². The standard InChI is InChI=1S/C20H27NO5/c1-25-17-7-5-15(6-8-17)13-26-14-16(22)12-21-18(23)11-20(19(21)24)9-3-2-4-10-20/h5-8,16,22H,2-4,9-14H2,1H3/t16-/m1/s1. The molecule has 0 radical (unpaired) electrons. The fourth-order valence-electron chi connectivity index (χ4n) is 3.96. The van der Waals surface area contributed by atoms with Crippen LogP contribution in [0.15, 0.2) is 24.3 Å². The lowest BCUT2D eigenvalue weighted by atomic mass is 9.73. The lowest BCUT2D eigenvalue weighted by Crippen LogP contribution is -2.42. The Morgan fingerprint density at radius 3 is 2.50 bits per heavy atom. The molecule has 6 nitrogen and oxygen atoms in total. The summed E-state index contributed by atoms with van der Waals surface area (Å²) in [5.74, 6) is 0.513. The number of hydrogen-bond donors (Lipinski definition) is 1. The molecule has 1 aliphatic heterocycles. The highest BCUT2D eigenvalue weighted by Gasteiger charge is 2.51. The van der Waals surface area contributed by atoms with Crippen molar-refractivity contribution in [2.75, 3.05) is 20.3 Å². The van der Waals surface area contributed by atoms with Gasteiger partial charge in [0.25, 0.3) is 0 Å². The predicted molar refractivity (Wildman–Crippen MR) is 95.5 cm³/mol. The fourth-order valence-corrected chi connectivity index (χ4v) is 3.96. The normalized spacial score (nSPS) is 20.6. The van der Waals surface area contributed by atoms with Crippen LogP contribution >= 0.6 is 0 Å². The summed E-state index contributed by atoms with van der Waals surface area (Å²) in [4.78, 5) is 26.3. The van der Waals surface area contributed by atoms with E-state index in [0.29, 0.717) is 13.0 Å². The van der Waals surface area contributed by atoms with Crippen molar-refractivity contribution in [3.63, 3.8) is 0 Å². The summed E-state index contributed by atoms with van der Waals surface area (Å²) in [5.41, 5.74) is 0.464. The highest BCUT2D eigenvalue weighted by molar-refractivity contribution is 6.05. The van der Waals surface area contributed by atoms with Crippen LogP contribution in [0.5, 0.6) is 5.75 Å². The monoisotopic (exact) mass is 361 g/mol. The zero-order valence-corrected chi connectivity index (χ0v) is 15.3. The van der Waals surface area contributed by atoms with Crippen molar-refractivity contribution in [1.82, 2.24) is 4.90 Å². The summed E-state index contributed by atoms with van der Waals surface area (Å²) < 4.78 is 10.6. The minimum absolute atomic E-state index is 0.0159. The first-order valence-corrected chi connectivity index (χ1v) is 9.28. The number of likely N-dealkylation sites (tertiary alicyclic amines) is 1. The maximum atomic E-state index is 12.7. The third-order valence-electron chi connectivity index (χ3n) is 5.43. The van der Waals surface area contributed by atoms with Gasteiger partial charge in [-0.05, 0) is 30.5 Å². The van der Waals surface area contributed by atoms with Crippen LogP contribution in [0.2, 0.25) is 0 Å². The molecule has 0 bridgehead atoms. The third kappa shape index (κ3) is 4.07. The second-order valence-electron chi connectivity index (χ2n) is 7.34. The summed E-state index contributed by atoms with van der Waals surface area (Å²) in [7, 11) is 1.61. The van der Waals surface area contributed by atoms with E-state index in [-0.39, 0.29) is 25.0 Å². The van der Waals surface area contributed by atoms with Crippen molar-refractivity contribution >= 4 is 11.8 Å². The highest BCUT2D eigenvalue weighted by Crippen LogP contribution is 2.45. The maximum absolute atomic E-state index is 12.7. The fraction of sp³-hybridized carbons (Fsp3) is 0.600. The number of rotatable bonds is 7. The van der Waals surface area contributed by atoms with Crippen LogP contribution in [0.25, 0.3) is 0 Å². The number of aliphatic hydroxyl groups excluding tert-OH is 1. The molecule has 2 fully saturated rings. The Balaban J connectivity index is 1.47. The molecule has 1 heterocycles. The van der Waals surface area contributed by atoms with Gasteiger partial charge in [-0.2, -0.15) is 0 Å². The van der Waals surface area contributed by atoms with Crippen LogP contribution in [-0.2, 0) is 20.9 Å². The van der Waals surface area contributed by atoms with Crippen molar-refractivity contribution in [1.29, 1.82) is 0 Å². The average molecular weight is 361 g/mol.